The van der Waals surface area contributed by atoms with Gasteiger partial charge in [-0.15, -0.1) is 0 Å². The third kappa shape index (κ3) is 6.24. The number of alkyl carbamates (subject to hydrolysis) is 1. The van der Waals surface area contributed by atoms with E-state index >= 15 is 0 Å². The molecule has 0 spiro atoms. The third-order valence-corrected chi connectivity index (χ3v) is 6.69. The van der Waals surface area contributed by atoms with Crippen LogP contribution in [-0.2, 0) is 11.3 Å². The summed E-state index contributed by atoms with van der Waals surface area (Å²) in [5, 5.41) is 6.57. The maximum absolute atomic E-state index is 12.9. The first kappa shape index (κ1) is 25.3. The number of nitrogens with zero attached hydrogens (tertiary/aromatic N) is 1. The van der Waals surface area contributed by atoms with Crippen molar-refractivity contribution in [2.75, 3.05) is 18.0 Å². The molecule has 2 aromatic carbocycles. The molecular weight excluding hydrogens is 458 g/mol. The van der Waals surface area contributed by atoms with Crippen molar-refractivity contribution in [1.82, 2.24) is 10.6 Å². The van der Waals surface area contributed by atoms with Crippen molar-refractivity contribution in [3.05, 3.63) is 76.1 Å². The van der Waals surface area contributed by atoms with Crippen molar-refractivity contribution >= 4 is 28.7 Å². The number of carbonyl (C=O) groups is 2. The van der Waals surface area contributed by atoms with Gasteiger partial charge in [0.25, 0.3) is 5.91 Å². The van der Waals surface area contributed by atoms with Crippen LogP contribution in [-0.4, -0.2) is 37.2 Å². The summed E-state index contributed by atoms with van der Waals surface area (Å²) in [5.41, 5.74) is 1.73. The number of anilines is 1. The molecule has 36 heavy (non-hydrogen) atoms. The number of nitrogens with one attached hydrogen (secondary N) is 2. The van der Waals surface area contributed by atoms with Crippen molar-refractivity contribution in [2.45, 2.75) is 58.2 Å². The molecule has 0 saturated heterocycles. The lowest BCUT2D eigenvalue weighted by atomic mass is 9.91. The van der Waals surface area contributed by atoms with Crippen LogP contribution in [0.1, 0.15) is 55.5 Å². The Kier molecular flexibility index (Phi) is 8.25. The highest BCUT2D eigenvalue weighted by molar-refractivity contribution is 5.97. The minimum atomic E-state index is -0.645. The van der Waals surface area contributed by atoms with Crippen molar-refractivity contribution in [1.29, 1.82) is 0 Å². The Morgan fingerprint density at radius 3 is 2.28 bits per heavy atom. The predicted octanol–water partition coefficient (Wildman–Crippen LogP) is 4.61. The van der Waals surface area contributed by atoms with Gasteiger partial charge in [0.2, 0.25) is 0 Å². The minimum absolute atomic E-state index is 0.00262. The molecule has 0 atom stereocenters. The Labute approximate surface area is 210 Å². The molecule has 0 radical (unpaired) electrons. The first-order chi connectivity index (χ1) is 17.5. The van der Waals surface area contributed by atoms with E-state index in [1.54, 1.807) is 6.07 Å². The first-order valence-corrected chi connectivity index (χ1v) is 12.6. The van der Waals surface area contributed by atoms with Crippen molar-refractivity contribution in [3.63, 3.8) is 0 Å². The maximum Gasteiger partial charge on any atom is 0.407 e. The van der Waals surface area contributed by atoms with E-state index in [0.717, 1.165) is 24.3 Å². The summed E-state index contributed by atoms with van der Waals surface area (Å²) in [6.45, 7) is 6.05. The number of benzene rings is 2. The van der Waals surface area contributed by atoms with Crippen LogP contribution in [0.2, 0.25) is 0 Å². The molecule has 190 valence electrons. The van der Waals surface area contributed by atoms with E-state index in [0.29, 0.717) is 36.7 Å². The van der Waals surface area contributed by atoms with Gasteiger partial charge in [-0.2, -0.15) is 0 Å². The van der Waals surface area contributed by atoms with E-state index in [1.165, 1.54) is 0 Å². The topological polar surface area (TPSA) is 101 Å². The van der Waals surface area contributed by atoms with Gasteiger partial charge in [0.15, 0.2) is 0 Å². The molecule has 8 heteroatoms. The fourth-order valence-corrected chi connectivity index (χ4v) is 4.62. The van der Waals surface area contributed by atoms with Gasteiger partial charge in [0.05, 0.1) is 0 Å². The van der Waals surface area contributed by atoms with Gasteiger partial charge >= 0.3 is 11.7 Å². The van der Waals surface area contributed by atoms with Gasteiger partial charge in [-0.25, -0.2) is 9.59 Å². The summed E-state index contributed by atoms with van der Waals surface area (Å²) in [7, 11) is 0. The Morgan fingerprint density at radius 2 is 1.61 bits per heavy atom. The van der Waals surface area contributed by atoms with E-state index in [2.05, 4.69) is 29.4 Å². The van der Waals surface area contributed by atoms with E-state index in [-0.39, 0.29) is 24.3 Å². The molecule has 8 nitrogen and oxygen atoms in total. The highest BCUT2D eigenvalue weighted by Gasteiger charge is 2.25. The van der Waals surface area contributed by atoms with Gasteiger partial charge in [0.1, 0.15) is 17.8 Å². The summed E-state index contributed by atoms with van der Waals surface area (Å²) >= 11 is 0. The molecule has 1 saturated carbocycles. The standard InChI is InChI=1S/C28H33N3O5/c1-3-31(4-2)23-15-10-20-16-24(27(33)36-25(20)17-23)26(32)29-21-11-13-22(14-12-21)30-28(34)35-18-19-8-6-5-7-9-19/h5-10,15-17,21-22H,3-4,11-14,18H2,1-2H3,(H,29,32)(H,30,34). The number of hydrogen-bond acceptors (Lipinski definition) is 6. The zero-order valence-corrected chi connectivity index (χ0v) is 20.8. The van der Waals surface area contributed by atoms with E-state index < -0.39 is 17.6 Å². The molecule has 2 N–H and O–H groups in total. The Morgan fingerprint density at radius 1 is 0.944 bits per heavy atom. The summed E-state index contributed by atoms with van der Waals surface area (Å²) in [6.07, 6.45) is 2.38. The molecule has 2 amide bonds. The second kappa shape index (κ2) is 11.7. The molecule has 0 aliphatic heterocycles. The van der Waals surface area contributed by atoms with Crippen LogP contribution < -0.4 is 21.2 Å². The zero-order chi connectivity index (χ0) is 25.5. The fraction of sp³-hybridized carbons (Fsp3) is 0.393. The van der Waals surface area contributed by atoms with Crippen LogP contribution >= 0.6 is 0 Å². The minimum Gasteiger partial charge on any atom is -0.445 e. The summed E-state index contributed by atoms with van der Waals surface area (Å²) < 4.78 is 10.8. The molecule has 1 fully saturated rings. The number of hydrogen-bond donors (Lipinski definition) is 2. The highest BCUT2D eigenvalue weighted by Crippen LogP contribution is 2.23. The highest BCUT2D eigenvalue weighted by atomic mass is 16.5. The van der Waals surface area contributed by atoms with E-state index in [9.17, 15) is 14.4 Å². The van der Waals surface area contributed by atoms with Crippen molar-refractivity contribution in [3.8, 4) is 0 Å². The normalized spacial score (nSPS) is 17.4. The van der Waals surface area contributed by atoms with Crippen molar-refractivity contribution in [2.24, 2.45) is 0 Å². The number of carbonyl (C=O) groups excluding carboxylic acids is 2. The van der Waals surface area contributed by atoms with Crippen LogP contribution in [0.3, 0.4) is 0 Å². The van der Waals surface area contributed by atoms with Crippen LogP contribution in [0.25, 0.3) is 11.0 Å². The zero-order valence-electron chi connectivity index (χ0n) is 20.8. The second-order valence-electron chi connectivity index (χ2n) is 9.07. The molecule has 1 aromatic heterocycles. The van der Waals surface area contributed by atoms with Crippen molar-refractivity contribution < 1.29 is 18.7 Å². The molecule has 4 rings (SSSR count). The molecule has 0 unspecified atom stereocenters. The Balaban J connectivity index is 1.29. The first-order valence-electron chi connectivity index (χ1n) is 12.6. The van der Waals surface area contributed by atoms with Gasteiger partial charge in [-0.1, -0.05) is 30.3 Å². The SMILES string of the molecule is CCN(CC)c1ccc2cc(C(=O)NC3CCC(NC(=O)OCc4ccccc4)CC3)c(=O)oc2c1. The lowest BCUT2D eigenvalue weighted by Crippen LogP contribution is -2.44. The monoisotopic (exact) mass is 491 g/mol. The average Bonchev–Trinajstić information content (AvgIpc) is 2.89. The average molecular weight is 492 g/mol. The van der Waals surface area contributed by atoms with Crippen LogP contribution in [0.5, 0.6) is 0 Å². The molecule has 3 aromatic rings. The molecule has 1 aliphatic rings. The quantitative estimate of drug-likeness (QED) is 0.447. The molecular formula is C28H33N3O5. The lowest BCUT2D eigenvalue weighted by Gasteiger charge is -2.29. The Bertz CT molecular complexity index is 1250. The lowest BCUT2D eigenvalue weighted by molar-refractivity contribution is 0.0917. The van der Waals surface area contributed by atoms with Gasteiger partial charge in [-0.05, 0) is 63.3 Å². The van der Waals surface area contributed by atoms with Crippen LogP contribution in [0, 0.1) is 0 Å². The summed E-state index contributed by atoms with van der Waals surface area (Å²) in [4.78, 5) is 39.7. The number of ether oxygens (including phenoxy) is 1. The fourth-order valence-electron chi connectivity index (χ4n) is 4.62. The summed E-state index contributed by atoms with van der Waals surface area (Å²) in [6, 6.07) is 16.7. The second-order valence-corrected chi connectivity index (χ2v) is 9.07. The number of amides is 2. The van der Waals surface area contributed by atoms with Gasteiger partial charge in [-0.3, -0.25) is 4.79 Å². The number of fused-ring (bicyclic) bond motifs is 1. The van der Waals surface area contributed by atoms with Crippen LogP contribution in [0.4, 0.5) is 10.5 Å². The molecule has 1 aliphatic carbocycles. The van der Waals surface area contributed by atoms with Crippen LogP contribution in [0.15, 0.2) is 63.8 Å². The van der Waals surface area contributed by atoms with E-state index in [4.69, 9.17) is 9.15 Å². The van der Waals surface area contributed by atoms with Gasteiger partial charge < -0.3 is 24.7 Å². The smallest absolute Gasteiger partial charge is 0.407 e. The van der Waals surface area contributed by atoms with E-state index in [1.807, 2.05) is 48.5 Å². The largest absolute Gasteiger partial charge is 0.445 e. The third-order valence-electron chi connectivity index (χ3n) is 6.69. The molecule has 1 heterocycles. The predicted molar refractivity (Wildman–Crippen MR) is 139 cm³/mol. The maximum atomic E-state index is 12.9. The Hall–Kier alpha value is -3.81. The molecule has 0 bridgehead atoms. The van der Waals surface area contributed by atoms with Gasteiger partial charge in [0, 0.05) is 42.3 Å². The summed E-state index contributed by atoms with van der Waals surface area (Å²) in [5.74, 6) is -0.433. The number of rotatable bonds is 8.